The van der Waals surface area contributed by atoms with Crippen molar-refractivity contribution in [3.8, 4) is 11.4 Å². The van der Waals surface area contributed by atoms with Gasteiger partial charge in [0.05, 0.1) is 30.3 Å². The Hall–Kier alpha value is -3.58. The highest BCUT2D eigenvalue weighted by Gasteiger charge is 2.25. The fraction of sp³-hybridized carbons (Fsp3) is 0.240. The molecule has 4 aromatic rings. The van der Waals surface area contributed by atoms with E-state index in [1.54, 1.807) is 10.8 Å². The van der Waals surface area contributed by atoms with Gasteiger partial charge in [0.25, 0.3) is 5.56 Å². The predicted molar refractivity (Wildman–Crippen MR) is 133 cm³/mol. The van der Waals surface area contributed by atoms with E-state index in [4.69, 9.17) is 4.74 Å². The zero-order chi connectivity index (χ0) is 22.1. The molecule has 5 rings (SSSR count). The lowest BCUT2D eigenvalue weighted by Gasteiger charge is -2.18. The quantitative estimate of drug-likeness (QED) is 0.469. The summed E-state index contributed by atoms with van der Waals surface area (Å²) in [5, 5.41) is 8.92. The highest BCUT2D eigenvalue weighted by molar-refractivity contribution is 5.87. The summed E-state index contributed by atoms with van der Waals surface area (Å²) in [6.45, 7) is 6.05. The molecule has 0 unspecified atom stereocenters. The fourth-order valence-corrected chi connectivity index (χ4v) is 3.85. The monoisotopic (exact) mass is 463 g/mol. The van der Waals surface area contributed by atoms with E-state index in [1.807, 2.05) is 65.5 Å². The second-order valence-electron chi connectivity index (χ2n) is 8.66. The van der Waals surface area contributed by atoms with Gasteiger partial charge in [-0.3, -0.25) is 19.0 Å². The van der Waals surface area contributed by atoms with Crippen LogP contribution >= 0.6 is 12.4 Å². The maximum atomic E-state index is 12.7. The average Bonchev–Trinajstić information content (AvgIpc) is 3.35. The van der Waals surface area contributed by atoms with Gasteiger partial charge in [-0.2, -0.15) is 5.10 Å². The molecular formula is C25H26ClN5O2. The van der Waals surface area contributed by atoms with Crippen LogP contribution in [0.1, 0.15) is 19.4 Å². The number of fused-ring (bicyclic) bond motifs is 1. The maximum absolute atomic E-state index is 12.7. The third-order valence-electron chi connectivity index (χ3n) is 5.49. The molecule has 2 aromatic carbocycles. The van der Waals surface area contributed by atoms with E-state index < -0.39 is 0 Å². The molecule has 0 saturated carbocycles. The number of ether oxygens (including phenoxy) is 1. The second kappa shape index (κ2) is 9.11. The Bertz CT molecular complexity index is 1360. The minimum atomic E-state index is -0.144. The van der Waals surface area contributed by atoms with Crippen LogP contribution in [0, 0.1) is 0 Å². The number of pyridine rings is 1. The van der Waals surface area contributed by atoms with Crippen LogP contribution in [0.4, 0.5) is 0 Å². The first-order valence-corrected chi connectivity index (χ1v) is 10.6. The van der Waals surface area contributed by atoms with E-state index in [0.717, 1.165) is 34.5 Å². The molecule has 0 fully saturated rings. The number of hydrogen-bond donors (Lipinski definition) is 1. The summed E-state index contributed by atoms with van der Waals surface area (Å²) in [4.78, 5) is 17.3. The minimum absolute atomic E-state index is 0. The summed E-state index contributed by atoms with van der Waals surface area (Å²) < 4.78 is 9.31. The maximum Gasteiger partial charge on any atom is 0.258 e. The molecule has 170 valence electrons. The van der Waals surface area contributed by atoms with Crippen molar-refractivity contribution in [2.75, 3.05) is 6.54 Å². The number of benzene rings is 2. The van der Waals surface area contributed by atoms with Crippen molar-refractivity contribution in [1.82, 2.24) is 19.7 Å². The van der Waals surface area contributed by atoms with Gasteiger partial charge >= 0.3 is 0 Å². The normalized spacial score (nSPS) is 14.4. The lowest BCUT2D eigenvalue weighted by Crippen LogP contribution is -2.40. The zero-order valence-electron chi connectivity index (χ0n) is 18.6. The summed E-state index contributed by atoms with van der Waals surface area (Å²) in [5.74, 6) is 1.49. The number of amidine groups is 1. The summed E-state index contributed by atoms with van der Waals surface area (Å²) in [6, 6.07) is 19.1. The summed E-state index contributed by atoms with van der Waals surface area (Å²) >= 11 is 0. The van der Waals surface area contributed by atoms with Crippen LogP contribution in [0.3, 0.4) is 0 Å². The van der Waals surface area contributed by atoms with E-state index in [2.05, 4.69) is 29.3 Å². The Morgan fingerprint density at radius 1 is 1.09 bits per heavy atom. The van der Waals surface area contributed by atoms with Crippen LogP contribution in [-0.4, -0.2) is 32.3 Å². The Morgan fingerprint density at radius 2 is 1.91 bits per heavy atom. The molecule has 33 heavy (non-hydrogen) atoms. The number of hydrogen-bond acceptors (Lipinski definition) is 5. The lowest BCUT2D eigenvalue weighted by molar-refractivity contribution is 0.305. The molecule has 0 saturated heterocycles. The number of nitrogens with zero attached hydrogens (tertiary/aromatic N) is 4. The van der Waals surface area contributed by atoms with Crippen LogP contribution in [-0.2, 0) is 13.2 Å². The van der Waals surface area contributed by atoms with Gasteiger partial charge in [-0.15, -0.1) is 12.4 Å². The summed E-state index contributed by atoms with van der Waals surface area (Å²) in [7, 11) is 0. The topological polar surface area (TPSA) is 73.4 Å². The Morgan fingerprint density at radius 3 is 2.64 bits per heavy atom. The second-order valence-corrected chi connectivity index (χ2v) is 8.66. The van der Waals surface area contributed by atoms with Crippen molar-refractivity contribution in [1.29, 1.82) is 0 Å². The molecule has 3 heterocycles. The zero-order valence-corrected chi connectivity index (χ0v) is 19.4. The van der Waals surface area contributed by atoms with Gasteiger partial charge in [-0.1, -0.05) is 30.3 Å². The summed E-state index contributed by atoms with van der Waals surface area (Å²) in [5.41, 5.74) is 2.69. The molecule has 0 amide bonds. The largest absolute Gasteiger partial charge is 0.489 e. The molecule has 7 nitrogen and oxygen atoms in total. The first-order valence-electron chi connectivity index (χ1n) is 10.6. The molecule has 0 aliphatic carbocycles. The molecule has 1 N–H and O–H groups in total. The van der Waals surface area contributed by atoms with Gasteiger partial charge in [-0.05, 0) is 43.7 Å². The Kier molecular flexibility index (Phi) is 6.24. The Balaban J connectivity index is 0.00000259. The molecule has 0 spiro atoms. The van der Waals surface area contributed by atoms with Crippen LogP contribution in [0.25, 0.3) is 16.6 Å². The third kappa shape index (κ3) is 4.93. The van der Waals surface area contributed by atoms with E-state index in [-0.39, 0.29) is 23.5 Å². The molecule has 0 atom stereocenters. The highest BCUT2D eigenvalue weighted by atomic mass is 35.5. The average molecular weight is 464 g/mol. The SMILES string of the molecule is CC1(C)CN=C(Cn2ncc3cc(-n4ccc(OCc5ccccc5)cc4=O)ccc32)N1.Cl. The number of rotatable bonds is 6. The molecule has 8 heteroatoms. The number of halogens is 1. The molecular weight excluding hydrogens is 438 g/mol. The highest BCUT2D eigenvalue weighted by Crippen LogP contribution is 2.20. The standard InChI is InChI=1S/C25H25N5O2.ClH/c1-25(2)17-26-23(28-25)15-30-22-9-8-20(12-19(22)14-27-30)29-11-10-21(13-24(29)31)32-16-18-6-4-3-5-7-18;/h3-14H,15-17H2,1-2H3,(H,26,28);1H. The van der Waals surface area contributed by atoms with Gasteiger partial charge in [0.1, 0.15) is 18.2 Å². The number of nitrogens with one attached hydrogen (secondary N) is 1. The van der Waals surface area contributed by atoms with Gasteiger partial charge in [-0.25, -0.2) is 0 Å². The van der Waals surface area contributed by atoms with Crippen LogP contribution < -0.4 is 15.6 Å². The molecule has 1 aliphatic rings. The van der Waals surface area contributed by atoms with Gasteiger partial charge in [0.2, 0.25) is 0 Å². The fourth-order valence-electron chi connectivity index (χ4n) is 3.85. The predicted octanol–water partition coefficient (Wildman–Crippen LogP) is 3.97. The smallest absolute Gasteiger partial charge is 0.258 e. The third-order valence-corrected chi connectivity index (χ3v) is 5.49. The molecule has 1 aliphatic heterocycles. The lowest BCUT2D eigenvalue weighted by atomic mass is 10.1. The molecule has 0 radical (unpaired) electrons. The minimum Gasteiger partial charge on any atom is -0.489 e. The first-order chi connectivity index (χ1) is 15.5. The summed E-state index contributed by atoms with van der Waals surface area (Å²) in [6.07, 6.45) is 3.56. The van der Waals surface area contributed by atoms with Crippen molar-refractivity contribution in [3.63, 3.8) is 0 Å². The van der Waals surface area contributed by atoms with Crippen LogP contribution in [0.2, 0.25) is 0 Å². The van der Waals surface area contributed by atoms with E-state index >= 15 is 0 Å². The van der Waals surface area contributed by atoms with E-state index in [0.29, 0.717) is 18.9 Å². The van der Waals surface area contributed by atoms with Crippen molar-refractivity contribution < 1.29 is 4.74 Å². The van der Waals surface area contributed by atoms with Crippen molar-refractivity contribution in [3.05, 3.63) is 89.0 Å². The van der Waals surface area contributed by atoms with E-state index in [1.165, 1.54) is 6.07 Å². The Labute approximate surface area is 198 Å². The van der Waals surface area contributed by atoms with Gasteiger partial charge < -0.3 is 10.1 Å². The van der Waals surface area contributed by atoms with E-state index in [9.17, 15) is 4.79 Å². The van der Waals surface area contributed by atoms with Crippen LogP contribution in [0.15, 0.2) is 82.8 Å². The first kappa shape index (κ1) is 22.6. The number of aromatic nitrogens is 3. The molecule has 2 aromatic heterocycles. The number of aliphatic imine (C=N–C) groups is 1. The van der Waals surface area contributed by atoms with Gasteiger partial charge in [0.15, 0.2) is 0 Å². The van der Waals surface area contributed by atoms with Crippen molar-refractivity contribution in [2.45, 2.75) is 32.5 Å². The van der Waals surface area contributed by atoms with Crippen molar-refractivity contribution in [2.24, 2.45) is 4.99 Å². The van der Waals surface area contributed by atoms with Crippen LogP contribution in [0.5, 0.6) is 5.75 Å². The van der Waals surface area contributed by atoms with Gasteiger partial charge in [0, 0.05) is 23.3 Å². The van der Waals surface area contributed by atoms with Crippen molar-refractivity contribution >= 4 is 29.1 Å². The molecule has 0 bridgehead atoms.